The fourth-order valence-electron chi connectivity index (χ4n) is 3.44. The summed E-state index contributed by atoms with van der Waals surface area (Å²) in [6.07, 6.45) is -1.80. The Hall–Kier alpha value is -3.63. The van der Waals surface area contributed by atoms with Gasteiger partial charge in [-0.25, -0.2) is 4.79 Å². The van der Waals surface area contributed by atoms with Gasteiger partial charge in [-0.15, -0.1) is 0 Å². The van der Waals surface area contributed by atoms with Crippen molar-refractivity contribution in [2.75, 3.05) is 29.9 Å². The number of piperidine rings is 1. The third-order valence-electron chi connectivity index (χ3n) is 4.95. The van der Waals surface area contributed by atoms with E-state index in [1.165, 1.54) is 24.3 Å². The molecule has 0 aromatic heterocycles. The van der Waals surface area contributed by atoms with Crippen LogP contribution in [0.4, 0.5) is 30.2 Å². The molecule has 2 aromatic rings. The average Bonchev–Trinajstić information content (AvgIpc) is 2.77. The molecule has 0 bridgehead atoms. The zero-order valence-electron chi connectivity index (χ0n) is 16.9. The van der Waals surface area contributed by atoms with Gasteiger partial charge in [-0.05, 0) is 43.5 Å². The van der Waals surface area contributed by atoms with E-state index in [-0.39, 0.29) is 11.3 Å². The van der Waals surface area contributed by atoms with Crippen LogP contribution in [-0.4, -0.2) is 36.5 Å². The molecule has 1 N–H and O–H groups in total. The molecular formula is C21H20F3N3O5. The van der Waals surface area contributed by atoms with E-state index < -0.39 is 40.8 Å². The molecule has 0 spiro atoms. The third kappa shape index (κ3) is 5.54. The van der Waals surface area contributed by atoms with E-state index in [2.05, 4.69) is 5.32 Å². The van der Waals surface area contributed by atoms with Gasteiger partial charge in [-0.1, -0.05) is 12.1 Å². The number of alkyl halides is 3. The van der Waals surface area contributed by atoms with E-state index in [0.717, 1.165) is 37.5 Å². The van der Waals surface area contributed by atoms with Crippen molar-refractivity contribution in [2.45, 2.75) is 25.4 Å². The lowest BCUT2D eigenvalue weighted by Gasteiger charge is -2.28. The predicted molar refractivity (Wildman–Crippen MR) is 110 cm³/mol. The number of anilines is 2. The van der Waals surface area contributed by atoms with Crippen molar-refractivity contribution in [2.24, 2.45) is 0 Å². The molecule has 1 aliphatic rings. The molecule has 1 fully saturated rings. The fraction of sp³-hybridized carbons (Fsp3) is 0.333. The Labute approximate surface area is 181 Å². The fourth-order valence-corrected chi connectivity index (χ4v) is 3.44. The quantitative estimate of drug-likeness (QED) is 0.397. The maximum atomic E-state index is 13.0. The second kappa shape index (κ2) is 9.67. The second-order valence-electron chi connectivity index (χ2n) is 7.18. The first kappa shape index (κ1) is 23.0. The maximum Gasteiger partial charge on any atom is 0.418 e. The monoisotopic (exact) mass is 451 g/mol. The zero-order chi connectivity index (χ0) is 23.3. The molecule has 0 aliphatic carbocycles. The highest BCUT2D eigenvalue weighted by Crippen LogP contribution is 2.34. The number of esters is 1. The van der Waals surface area contributed by atoms with Crippen molar-refractivity contribution in [3.05, 3.63) is 63.7 Å². The number of hydrogen-bond donors (Lipinski definition) is 1. The molecule has 0 unspecified atom stereocenters. The molecule has 0 saturated carbocycles. The first-order chi connectivity index (χ1) is 15.2. The Bertz CT molecular complexity index is 1020. The van der Waals surface area contributed by atoms with Crippen LogP contribution >= 0.6 is 0 Å². The molecule has 0 atom stereocenters. The maximum absolute atomic E-state index is 13.0. The molecule has 3 rings (SSSR count). The minimum atomic E-state index is -4.67. The average molecular weight is 451 g/mol. The molecule has 1 amide bonds. The number of hydrogen-bond acceptors (Lipinski definition) is 6. The van der Waals surface area contributed by atoms with Crippen molar-refractivity contribution in [1.82, 2.24) is 0 Å². The highest BCUT2D eigenvalue weighted by atomic mass is 19.4. The summed E-state index contributed by atoms with van der Waals surface area (Å²) >= 11 is 0. The van der Waals surface area contributed by atoms with Gasteiger partial charge in [0.1, 0.15) is 5.69 Å². The van der Waals surface area contributed by atoms with Gasteiger partial charge in [0.05, 0.1) is 21.7 Å². The molecule has 1 heterocycles. The Morgan fingerprint density at radius 1 is 1.09 bits per heavy atom. The summed E-state index contributed by atoms with van der Waals surface area (Å²) in [6.45, 7) is 0.487. The molecule has 0 radical (unpaired) electrons. The first-order valence-electron chi connectivity index (χ1n) is 9.83. The number of para-hydroxylation sites is 1. The number of halogens is 3. The minimum Gasteiger partial charge on any atom is -0.452 e. The number of nitrogens with one attached hydrogen (secondary N) is 1. The summed E-state index contributed by atoms with van der Waals surface area (Å²) in [5, 5.41) is 13.5. The Morgan fingerprint density at radius 2 is 1.78 bits per heavy atom. The summed E-state index contributed by atoms with van der Waals surface area (Å²) < 4.78 is 43.9. The van der Waals surface area contributed by atoms with Gasteiger partial charge < -0.3 is 15.0 Å². The van der Waals surface area contributed by atoms with Gasteiger partial charge in [0.15, 0.2) is 6.61 Å². The second-order valence-corrected chi connectivity index (χ2v) is 7.18. The van der Waals surface area contributed by atoms with Gasteiger partial charge in [0.2, 0.25) is 0 Å². The molecule has 1 saturated heterocycles. The van der Waals surface area contributed by atoms with Crippen LogP contribution in [0.5, 0.6) is 0 Å². The van der Waals surface area contributed by atoms with E-state index in [4.69, 9.17) is 4.74 Å². The van der Waals surface area contributed by atoms with Crippen LogP contribution in [-0.2, 0) is 15.7 Å². The van der Waals surface area contributed by atoms with Gasteiger partial charge in [0, 0.05) is 19.2 Å². The standard InChI is InChI=1S/C21H20F3N3O5/c22-21(23,24)15-6-2-3-7-16(15)25-19(28)13-32-20(29)14-8-9-17(18(12-14)27(30)31)26-10-4-1-5-11-26/h2-3,6-9,12H,1,4-5,10-11,13H2,(H,25,28). The van der Waals surface area contributed by atoms with Gasteiger partial charge >= 0.3 is 12.1 Å². The van der Waals surface area contributed by atoms with Gasteiger partial charge in [-0.3, -0.25) is 14.9 Å². The summed E-state index contributed by atoms with van der Waals surface area (Å²) in [5.41, 5.74) is -1.51. The number of carbonyl (C=O) groups excluding carboxylic acids is 2. The van der Waals surface area contributed by atoms with Crippen LogP contribution in [0.25, 0.3) is 0 Å². The first-order valence-corrected chi connectivity index (χ1v) is 9.83. The van der Waals surface area contributed by atoms with Crippen molar-refractivity contribution in [3.63, 3.8) is 0 Å². The van der Waals surface area contributed by atoms with Crippen molar-refractivity contribution < 1.29 is 32.4 Å². The zero-order valence-corrected chi connectivity index (χ0v) is 16.9. The van der Waals surface area contributed by atoms with Crippen molar-refractivity contribution in [3.8, 4) is 0 Å². The number of benzene rings is 2. The summed E-state index contributed by atoms with van der Waals surface area (Å²) in [5.74, 6) is -1.98. The lowest BCUT2D eigenvalue weighted by molar-refractivity contribution is -0.384. The summed E-state index contributed by atoms with van der Waals surface area (Å²) in [7, 11) is 0. The van der Waals surface area contributed by atoms with E-state index in [1.807, 2.05) is 4.90 Å². The van der Waals surface area contributed by atoms with Crippen LogP contribution in [0.2, 0.25) is 0 Å². The topological polar surface area (TPSA) is 102 Å². The Kier molecular flexibility index (Phi) is 6.96. The normalized spacial score (nSPS) is 14.0. The Morgan fingerprint density at radius 3 is 2.44 bits per heavy atom. The summed E-state index contributed by atoms with van der Waals surface area (Å²) in [6, 6.07) is 8.27. The highest BCUT2D eigenvalue weighted by Gasteiger charge is 2.33. The van der Waals surface area contributed by atoms with E-state index in [9.17, 15) is 32.9 Å². The number of rotatable bonds is 6. The minimum absolute atomic E-state index is 0.138. The SMILES string of the molecule is O=C(COC(=O)c1ccc(N2CCCCC2)c([N+](=O)[O-])c1)Nc1ccccc1C(F)(F)F. The highest BCUT2D eigenvalue weighted by molar-refractivity contribution is 5.96. The summed E-state index contributed by atoms with van der Waals surface area (Å²) in [4.78, 5) is 37.0. The van der Waals surface area contributed by atoms with Gasteiger partial charge in [-0.2, -0.15) is 13.2 Å². The molecular weight excluding hydrogens is 431 g/mol. The molecule has 2 aromatic carbocycles. The number of ether oxygens (including phenoxy) is 1. The van der Waals surface area contributed by atoms with Crippen LogP contribution in [0.15, 0.2) is 42.5 Å². The number of nitrogens with zero attached hydrogens (tertiary/aromatic N) is 2. The molecule has 32 heavy (non-hydrogen) atoms. The van der Waals surface area contributed by atoms with Crippen LogP contribution in [0.1, 0.15) is 35.2 Å². The molecule has 170 valence electrons. The number of carbonyl (C=O) groups is 2. The van der Waals surface area contributed by atoms with Crippen LogP contribution < -0.4 is 10.2 Å². The number of nitro benzene ring substituents is 1. The van der Waals surface area contributed by atoms with E-state index in [1.54, 1.807) is 0 Å². The van der Waals surface area contributed by atoms with E-state index >= 15 is 0 Å². The lowest BCUT2D eigenvalue weighted by Crippen LogP contribution is -2.30. The van der Waals surface area contributed by atoms with Crippen LogP contribution in [0.3, 0.4) is 0 Å². The lowest BCUT2D eigenvalue weighted by atomic mass is 10.1. The molecule has 1 aliphatic heterocycles. The number of amides is 1. The van der Waals surface area contributed by atoms with Crippen LogP contribution in [0, 0.1) is 10.1 Å². The predicted octanol–water partition coefficient (Wildman–Crippen LogP) is 4.40. The van der Waals surface area contributed by atoms with Crippen molar-refractivity contribution in [1.29, 1.82) is 0 Å². The largest absolute Gasteiger partial charge is 0.452 e. The van der Waals surface area contributed by atoms with E-state index in [0.29, 0.717) is 18.8 Å². The Balaban J connectivity index is 1.67. The smallest absolute Gasteiger partial charge is 0.418 e. The molecule has 11 heteroatoms. The van der Waals surface area contributed by atoms with Gasteiger partial charge in [0.25, 0.3) is 11.6 Å². The molecule has 8 nitrogen and oxygen atoms in total. The van der Waals surface area contributed by atoms with Crippen molar-refractivity contribution >= 4 is 28.9 Å². The third-order valence-corrected chi connectivity index (χ3v) is 4.95. The number of nitro groups is 1.